The fraction of sp³-hybridized carbons (Fsp3) is 0.391. The molecule has 2 aromatic rings. The van der Waals surface area contributed by atoms with Crippen LogP contribution >= 0.6 is 0 Å². The molecule has 2 aromatic carbocycles. The van der Waals surface area contributed by atoms with Gasteiger partial charge in [0.2, 0.25) is 0 Å². The zero-order valence-corrected chi connectivity index (χ0v) is 17.4. The molecular weight excluding hydrogens is 382 g/mol. The number of nitrogens with zero attached hydrogens (tertiary/aromatic N) is 3. The monoisotopic (exact) mass is 409 g/mol. The van der Waals surface area contributed by atoms with Crippen molar-refractivity contribution in [3.05, 3.63) is 59.7 Å². The van der Waals surface area contributed by atoms with Gasteiger partial charge in [0.25, 0.3) is 5.91 Å². The molecular formula is C23H27N3O4. The summed E-state index contributed by atoms with van der Waals surface area (Å²) in [4.78, 5) is 32.5. The number of hydrogen-bond acceptors (Lipinski definition) is 6. The Labute approximate surface area is 176 Å². The summed E-state index contributed by atoms with van der Waals surface area (Å²) in [5.74, 6) is -0.357. The largest absolute Gasteiger partial charge is 0.496 e. The number of rotatable bonds is 6. The second-order valence-electron chi connectivity index (χ2n) is 7.97. The first-order valence-electron chi connectivity index (χ1n) is 10.1. The molecule has 1 fully saturated rings. The molecule has 0 unspecified atom stereocenters. The number of anilines is 1. The number of benzene rings is 2. The quantitative estimate of drug-likeness (QED) is 0.733. The highest BCUT2D eigenvalue weighted by Crippen LogP contribution is 2.43. The van der Waals surface area contributed by atoms with Crippen LogP contribution in [-0.4, -0.2) is 73.6 Å². The molecule has 2 aliphatic rings. The lowest BCUT2D eigenvalue weighted by Crippen LogP contribution is -2.51. The van der Waals surface area contributed by atoms with Crippen molar-refractivity contribution in [2.24, 2.45) is 0 Å². The molecule has 1 N–H and O–H groups in total. The average molecular weight is 409 g/mol. The number of likely N-dealkylation sites (N-methyl/N-ethyl adjacent to an activating group) is 1. The first-order valence-corrected chi connectivity index (χ1v) is 10.1. The standard InChI is InChI=1S/C23H27N3O4/c1-24-11-13-25(14-12-24)16-26-19-9-5-4-8-18(19)23(29,22(26)28)15-20(27)17-7-3-6-10-21(17)30-2/h3-10,29H,11-16H2,1-2H3/t23-/m0/s1. The van der Waals surface area contributed by atoms with Gasteiger partial charge in [-0.3, -0.25) is 19.4 Å². The number of fused-ring (bicyclic) bond motifs is 1. The van der Waals surface area contributed by atoms with E-state index in [-0.39, 0.29) is 12.2 Å². The molecule has 0 saturated carbocycles. The first kappa shape index (κ1) is 20.5. The number of carbonyl (C=O) groups is 2. The lowest BCUT2D eigenvalue weighted by molar-refractivity contribution is -0.136. The molecule has 0 aromatic heterocycles. The molecule has 0 aliphatic carbocycles. The Balaban J connectivity index is 1.61. The number of carbonyl (C=O) groups excluding carboxylic acids is 2. The number of ketones is 1. The SMILES string of the molecule is COc1ccccc1C(=O)C[C@@]1(O)C(=O)N(CN2CCN(C)CC2)c2ccccc21. The van der Waals surface area contributed by atoms with Crippen LogP contribution in [0.1, 0.15) is 22.3 Å². The van der Waals surface area contributed by atoms with Crippen LogP contribution in [0.25, 0.3) is 0 Å². The summed E-state index contributed by atoms with van der Waals surface area (Å²) in [6.45, 7) is 3.96. The van der Waals surface area contributed by atoms with Crippen molar-refractivity contribution < 1.29 is 19.4 Å². The smallest absolute Gasteiger partial charge is 0.265 e. The van der Waals surface area contributed by atoms with Gasteiger partial charge in [-0.05, 0) is 25.2 Å². The second-order valence-corrected chi connectivity index (χ2v) is 7.97. The first-order chi connectivity index (χ1) is 14.4. The molecule has 7 heteroatoms. The number of amides is 1. The van der Waals surface area contributed by atoms with Gasteiger partial charge in [0.15, 0.2) is 11.4 Å². The molecule has 1 amide bonds. The van der Waals surface area contributed by atoms with Crippen LogP contribution in [0.5, 0.6) is 5.75 Å². The van der Waals surface area contributed by atoms with Crippen LogP contribution < -0.4 is 9.64 Å². The van der Waals surface area contributed by atoms with Crippen molar-refractivity contribution in [3.8, 4) is 5.75 Å². The van der Waals surface area contributed by atoms with E-state index in [2.05, 4.69) is 16.8 Å². The van der Waals surface area contributed by atoms with Crippen LogP contribution in [0.3, 0.4) is 0 Å². The van der Waals surface area contributed by atoms with Crippen molar-refractivity contribution >= 4 is 17.4 Å². The van der Waals surface area contributed by atoms with Crippen LogP contribution in [0, 0.1) is 0 Å². The van der Waals surface area contributed by atoms with Crippen LogP contribution in [0.15, 0.2) is 48.5 Å². The van der Waals surface area contributed by atoms with Gasteiger partial charge in [-0.1, -0.05) is 30.3 Å². The van der Waals surface area contributed by atoms with E-state index in [1.165, 1.54) is 7.11 Å². The van der Waals surface area contributed by atoms with Gasteiger partial charge in [-0.2, -0.15) is 0 Å². The predicted octanol–water partition coefficient (Wildman–Crippen LogP) is 1.71. The normalized spacial score (nSPS) is 22.2. The Morgan fingerprint density at radius 1 is 1.07 bits per heavy atom. The maximum atomic E-state index is 13.4. The number of hydrogen-bond donors (Lipinski definition) is 1. The van der Waals surface area contributed by atoms with Gasteiger partial charge in [0.1, 0.15) is 5.75 Å². The third-order valence-electron chi connectivity index (χ3n) is 6.00. The second kappa shape index (κ2) is 8.18. The molecule has 30 heavy (non-hydrogen) atoms. The Hall–Kier alpha value is -2.74. The summed E-state index contributed by atoms with van der Waals surface area (Å²) in [7, 11) is 3.57. The van der Waals surface area contributed by atoms with Gasteiger partial charge in [-0.25, -0.2) is 0 Å². The number of piperazine rings is 1. The van der Waals surface area contributed by atoms with Crippen molar-refractivity contribution in [2.45, 2.75) is 12.0 Å². The minimum atomic E-state index is -1.89. The Morgan fingerprint density at radius 2 is 1.73 bits per heavy atom. The number of methoxy groups -OCH3 is 1. The summed E-state index contributed by atoms with van der Waals surface area (Å²) in [6.07, 6.45) is -0.331. The number of aliphatic hydroxyl groups is 1. The molecule has 2 heterocycles. The molecule has 158 valence electrons. The van der Waals surface area contributed by atoms with E-state index in [0.717, 1.165) is 26.2 Å². The summed E-state index contributed by atoms with van der Waals surface area (Å²) in [6, 6.07) is 14.0. The molecule has 0 radical (unpaired) electrons. The highest BCUT2D eigenvalue weighted by atomic mass is 16.5. The van der Waals surface area contributed by atoms with E-state index in [9.17, 15) is 14.7 Å². The highest BCUT2D eigenvalue weighted by Gasteiger charge is 2.51. The zero-order valence-electron chi connectivity index (χ0n) is 17.4. The van der Waals surface area contributed by atoms with E-state index in [1.807, 2.05) is 12.1 Å². The maximum Gasteiger partial charge on any atom is 0.265 e. The molecule has 7 nitrogen and oxygen atoms in total. The van der Waals surface area contributed by atoms with Crippen LogP contribution in [0.4, 0.5) is 5.69 Å². The zero-order chi connectivity index (χ0) is 21.3. The molecule has 4 rings (SSSR count). The topological polar surface area (TPSA) is 73.3 Å². The van der Waals surface area contributed by atoms with Crippen molar-refractivity contribution in [2.75, 3.05) is 51.9 Å². The van der Waals surface area contributed by atoms with E-state index in [1.54, 1.807) is 41.3 Å². The summed E-state index contributed by atoms with van der Waals surface area (Å²) in [5, 5.41) is 11.5. The number of ether oxygens (including phenoxy) is 1. The van der Waals surface area contributed by atoms with E-state index >= 15 is 0 Å². The maximum absolute atomic E-state index is 13.4. The minimum absolute atomic E-state index is 0.331. The average Bonchev–Trinajstić information content (AvgIpc) is 2.97. The minimum Gasteiger partial charge on any atom is -0.496 e. The van der Waals surface area contributed by atoms with Crippen molar-refractivity contribution in [3.63, 3.8) is 0 Å². The molecule has 1 saturated heterocycles. The predicted molar refractivity (Wildman–Crippen MR) is 114 cm³/mol. The third kappa shape index (κ3) is 3.60. The molecule has 1 atom stereocenters. The van der Waals surface area contributed by atoms with Gasteiger partial charge < -0.3 is 14.7 Å². The lowest BCUT2D eigenvalue weighted by atomic mass is 9.88. The Morgan fingerprint density at radius 3 is 2.47 bits per heavy atom. The van der Waals surface area contributed by atoms with E-state index < -0.39 is 11.5 Å². The number of para-hydroxylation sites is 2. The van der Waals surface area contributed by atoms with Crippen LogP contribution in [-0.2, 0) is 10.4 Å². The number of Topliss-reactive ketones (excluding diaryl/α,β-unsaturated/α-hetero) is 1. The van der Waals surface area contributed by atoms with E-state index in [0.29, 0.717) is 29.2 Å². The Bertz CT molecular complexity index is 955. The lowest BCUT2D eigenvalue weighted by Gasteiger charge is -2.35. The van der Waals surface area contributed by atoms with Gasteiger partial charge >= 0.3 is 0 Å². The van der Waals surface area contributed by atoms with Gasteiger partial charge in [0.05, 0.1) is 31.5 Å². The third-order valence-corrected chi connectivity index (χ3v) is 6.00. The van der Waals surface area contributed by atoms with Gasteiger partial charge in [-0.15, -0.1) is 0 Å². The molecule has 2 aliphatic heterocycles. The summed E-state index contributed by atoms with van der Waals surface area (Å²) in [5.41, 5.74) is -0.387. The summed E-state index contributed by atoms with van der Waals surface area (Å²) < 4.78 is 5.28. The van der Waals surface area contributed by atoms with Crippen molar-refractivity contribution in [1.82, 2.24) is 9.80 Å². The van der Waals surface area contributed by atoms with Crippen LogP contribution in [0.2, 0.25) is 0 Å². The fourth-order valence-electron chi connectivity index (χ4n) is 4.21. The molecule has 0 bridgehead atoms. The Kier molecular flexibility index (Phi) is 5.60. The highest BCUT2D eigenvalue weighted by molar-refractivity contribution is 6.11. The fourth-order valence-corrected chi connectivity index (χ4v) is 4.21. The summed E-state index contributed by atoms with van der Waals surface area (Å²) >= 11 is 0. The molecule has 0 spiro atoms. The van der Waals surface area contributed by atoms with Crippen molar-refractivity contribution in [1.29, 1.82) is 0 Å². The van der Waals surface area contributed by atoms with E-state index in [4.69, 9.17) is 4.74 Å². The van der Waals surface area contributed by atoms with Gasteiger partial charge in [0, 0.05) is 31.7 Å².